The Balaban J connectivity index is 1.72. The number of methoxy groups -OCH3 is 1. The lowest BCUT2D eigenvalue weighted by Crippen LogP contribution is -2.03. The minimum atomic E-state index is 0.590. The molecule has 5 heteroatoms. The van der Waals surface area contributed by atoms with Crippen LogP contribution < -0.4 is 19.5 Å². The van der Waals surface area contributed by atoms with E-state index in [-0.39, 0.29) is 0 Å². The van der Waals surface area contributed by atoms with Crippen molar-refractivity contribution in [2.75, 3.05) is 25.6 Å². The summed E-state index contributed by atoms with van der Waals surface area (Å²) in [5, 5.41) is 3.32. The van der Waals surface area contributed by atoms with Crippen LogP contribution in [-0.4, -0.2) is 25.3 Å². The summed E-state index contributed by atoms with van der Waals surface area (Å²) >= 11 is 0. The fourth-order valence-corrected chi connectivity index (χ4v) is 2.20. The highest BCUT2D eigenvalue weighted by Crippen LogP contribution is 2.31. The van der Waals surface area contributed by atoms with Crippen LogP contribution in [0, 0.1) is 0 Å². The molecule has 1 aromatic carbocycles. The Morgan fingerprint density at radius 3 is 2.90 bits per heavy atom. The lowest BCUT2D eigenvalue weighted by Gasteiger charge is -2.12. The summed E-state index contributed by atoms with van der Waals surface area (Å²) in [5.74, 6) is 2.21. The van der Waals surface area contributed by atoms with Crippen LogP contribution in [-0.2, 0) is 6.54 Å². The second-order valence-corrected chi connectivity index (χ2v) is 4.75. The van der Waals surface area contributed by atoms with Crippen LogP contribution >= 0.6 is 0 Å². The van der Waals surface area contributed by atoms with Crippen molar-refractivity contribution in [3.63, 3.8) is 0 Å². The van der Waals surface area contributed by atoms with E-state index in [9.17, 15) is 0 Å². The Morgan fingerprint density at radius 2 is 2.05 bits per heavy atom. The molecule has 1 aromatic heterocycles. The number of benzene rings is 1. The molecule has 0 aliphatic carbocycles. The quantitative estimate of drug-likeness (QED) is 0.936. The third-order valence-corrected chi connectivity index (χ3v) is 3.26. The second-order valence-electron chi connectivity index (χ2n) is 4.75. The molecule has 0 amide bonds. The molecule has 0 atom stereocenters. The molecule has 5 nitrogen and oxygen atoms in total. The number of nitrogens with zero attached hydrogens (tertiary/aromatic N) is 1. The summed E-state index contributed by atoms with van der Waals surface area (Å²) in [5.41, 5.74) is 1.98. The van der Waals surface area contributed by atoms with Crippen molar-refractivity contribution < 1.29 is 14.2 Å². The van der Waals surface area contributed by atoms with E-state index in [1.54, 1.807) is 13.3 Å². The summed E-state index contributed by atoms with van der Waals surface area (Å²) in [6, 6.07) is 9.81. The maximum absolute atomic E-state index is 5.70. The summed E-state index contributed by atoms with van der Waals surface area (Å²) in [4.78, 5) is 4.16. The largest absolute Gasteiger partial charge is 0.490 e. The van der Waals surface area contributed by atoms with Crippen molar-refractivity contribution in [2.45, 2.75) is 13.0 Å². The zero-order valence-corrected chi connectivity index (χ0v) is 12.0. The Morgan fingerprint density at radius 1 is 1.19 bits per heavy atom. The molecule has 2 heterocycles. The monoisotopic (exact) mass is 286 g/mol. The van der Waals surface area contributed by atoms with Crippen LogP contribution in [0.2, 0.25) is 0 Å². The van der Waals surface area contributed by atoms with Gasteiger partial charge in [-0.1, -0.05) is 6.07 Å². The molecule has 0 bridgehead atoms. The normalized spacial score (nSPS) is 13.4. The van der Waals surface area contributed by atoms with E-state index in [1.165, 1.54) is 0 Å². The predicted octanol–water partition coefficient (Wildman–Crippen LogP) is 2.86. The van der Waals surface area contributed by atoms with Crippen molar-refractivity contribution in [1.82, 2.24) is 4.98 Å². The minimum absolute atomic E-state index is 0.590. The maximum atomic E-state index is 5.70. The van der Waals surface area contributed by atoms with Gasteiger partial charge < -0.3 is 19.5 Å². The molecule has 0 unspecified atom stereocenters. The smallest absolute Gasteiger partial charge is 0.237 e. The maximum Gasteiger partial charge on any atom is 0.237 e. The molecule has 0 saturated heterocycles. The number of hydrogen-bond acceptors (Lipinski definition) is 5. The average molecular weight is 286 g/mol. The van der Waals surface area contributed by atoms with E-state index in [0.717, 1.165) is 29.2 Å². The fourth-order valence-electron chi connectivity index (χ4n) is 2.20. The van der Waals surface area contributed by atoms with Crippen molar-refractivity contribution in [3.8, 4) is 17.4 Å². The van der Waals surface area contributed by atoms with Gasteiger partial charge in [-0.25, -0.2) is 4.98 Å². The standard InChI is InChI=1S/C16H18N2O3/c1-19-16-13(4-2-7-17-16)18-11-12-5-6-14-15(10-12)21-9-3-8-20-14/h2,4-7,10,18H,3,8-9,11H2,1H3. The summed E-state index contributed by atoms with van der Waals surface area (Å²) < 4.78 is 16.5. The van der Waals surface area contributed by atoms with Gasteiger partial charge in [0.25, 0.3) is 0 Å². The SMILES string of the molecule is COc1ncccc1NCc1ccc2c(c1)OCCCO2. The first-order chi connectivity index (χ1) is 10.4. The Labute approximate surface area is 123 Å². The summed E-state index contributed by atoms with van der Waals surface area (Å²) in [6.45, 7) is 2.07. The Kier molecular flexibility index (Phi) is 4.09. The molecular weight excluding hydrogens is 268 g/mol. The van der Waals surface area contributed by atoms with Gasteiger partial charge in [0.1, 0.15) is 0 Å². The van der Waals surface area contributed by atoms with E-state index < -0.39 is 0 Å². The van der Waals surface area contributed by atoms with E-state index in [2.05, 4.69) is 10.3 Å². The second kappa shape index (κ2) is 6.35. The van der Waals surface area contributed by atoms with Crippen LogP contribution in [0.25, 0.3) is 0 Å². The average Bonchev–Trinajstić information content (AvgIpc) is 2.78. The number of pyridine rings is 1. The van der Waals surface area contributed by atoms with Crippen molar-refractivity contribution >= 4 is 5.69 Å². The number of rotatable bonds is 4. The first-order valence-corrected chi connectivity index (χ1v) is 6.98. The number of anilines is 1. The van der Waals surface area contributed by atoms with Crippen LogP contribution in [0.5, 0.6) is 17.4 Å². The van der Waals surface area contributed by atoms with Crippen molar-refractivity contribution in [3.05, 3.63) is 42.1 Å². The molecule has 0 radical (unpaired) electrons. The molecule has 2 aromatic rings. The van der Waals surface area contributed by atoms with Crippen LogP contribution in [0.4, 0.5) is 5.69 Å². The lowest BCUT2D eigenvalue weighted by atomic mass is 10.2. The van der Waals surface area contributed by atoms with Gasteiger partial charge in [0.15, 0.2) is 11.5 Å². The number of ether oxygens (including phenoxy) is 3. The summed E-state index contributed by atoms with van der Waals surface area (Å²) in [6.07, 6.45) is 2.62. The highest BCUT2D eigenvalue weighted by atomic mass is 16.5. The third-order valence-electron chi connectivity index (χ3n) is 3.26. The zero-order valence-electron chi connectivity index (χ0n) is 12.0. The molecule has 1 aliphatic rings. The van der Waals surface area contributed by atoms with Gasteiger partial charge in [-0.2, -0.15) is 0 Å². The van der Waals surface area contributed by atoms with E-state index >= 15 is 0 Å². The first-order valence-electron chi connectivity index (χ1n) is 6.98. The zero-order chi connectivity index (χ0) is 14.5. The number of aromatic nitrogens is 1. The molecular formula is C16H18N2O3. The highest BCUT2D eigenvalue weighted by molar-refractivity contribution is 5.53. The van der Waals surface area contributed by atoms with E-state index in [0.29, 0.717) is 25.6 Å². The van der Waals surface area contributed by atoms with Gasteiger partial charge in [0.2, 0.25) is 5.88 Å². The molecule has 0 fully saturated rings. The number of nitrogens with one attached hydrogen (secondary N) is 1. The van der Waals surface area contributed by atoms with Crippen LogP contribution in [0.1, 0.15) is 12.0 Å². The molecule has 1 N–H and O–H groups in total. The molecule has 110 valence electrons. The van der Waals surface area contributed by atoms with Gasteiger partial charge in [-0.3, -0.25) is 0 Å². The van der Waals surface area contributed by atoms with E-state index in [4.69, 9.17) is 14.2 Å². The molecule has 21 heavy (non-hydrogen) atoms. The van der Waals surface area contributed by atoms with Gasteiger partial charge in [0.05, 0.1) is 26.0 Å². The number of fused-ring (bicyclic) bond motifs is 1. The minimum Gasteiger partial charge on any atom is -0.490 e. The molecule has 0 spiro atoms. The van der Waals surface area contributed by atoms with Gasteiger partial charge >= 0.3 is 0 Å². The Hall–Kier alpha value is -2.43. The third kappa shape index (κ3) is 3.18. The Bertz CT molecular complexity index is 616. The highest BCUT2D eigenvalue weighted by Gasteiger charge is 2.11. The van der Waals surface area contributed by atoms with Gasteiger partial charge in [-0.05, 0) is 29.8 Å². The summed E-state index contributed by atoms with van der Waals surface area (Å²) in [7, 11) is 1.61. The van der Waals surface area contributed by atoms with Crippen molar-refractivity contribution in [2.24, 2.45) is 0 Å². The van der Waals surface area contributed by atoms with Gasteiger partial charge in [-0.15, -0.1) is 0 Å². The van der Waals surface area contributed by atoms with Crippen LogP contribution in [0.3, 0.4) is 0 Å². The van der Waals surface area contributed by atoms with Gasteiger partial charge in [0, 0.05) is 19.2 Å². The lowest BCUT2D eigenvalue weighted by molar-refractivity contribution is 0.297. The first kappa shape index (κ1) is 13.5. The van der Waals surface area contributed by atoms with Crippen LogP contribution in [0.15, 0.2) is 36.5 Å². The van der Waals surface area contributed by atoms with Crippen molar-refractivity contribution in [1.29, 1.82) is 0 Å². The topological polar surface area (TPSA) is 52.6 Å². The number of hydrogen-bond donors (Lipinski definition) is 1. The van der Waals surface area contributed by atoms with E-state index in [1.807, 2.05) is 30.3 Å². The fraction of sp³-hybridized carbons (Fsp3) is 0.312. The molecule has 3 rings (SSSR count). The molecule has 1 aliphatic heterocycles. The molecule has 0 saturated carbocycles. The predicted molar refractivity (Wildman–Crippen MR) is 80.2 cm³/mol.